The molecule has 0 radical (unpaired) electrons. The zero-order valence-corrected chi connectivity index (χ0v) is 22.6. The van der Waals surface area contributed by atoms with Crippen molar-refractivity contribution in [2.45, 2.75) is 112 Å². The van der Waals surface area contributed by atoms with Gasteiger partial charge in [0, 0.05) is 5.41 Å². The van der Waals surface area contributed by atoms with Gasteiger partial charge in [-0.25, -0.2) is 0 Å². The summed E-state index contributed by atoms with van der Waals surface area (Å²) in [7, 11) is 0. The largest absolute Gasteiger partial charge is 0.392 e. The van der Waals surface area contributed by atoms with Gasteiger partial charge in [-0.1, -0.05) is 39.8 Å². The van der Waals surface area contributed by atoms with E-state index in [1.807, 2.05) is 13.8 Å². The summed E-state index contributed by atoms with van der Waals surface area (Å²) in [5, 5.41) is 10.9. The molecule has 0 aromatic carbocycles. The summed E-state index contributed by atoms with van der Waals surface area (Å²) in [6.45, 7) is 18.1. The molecule has 0 aromatic heterocycles. The van der Waals surface area contributed by atoms with Gasteiger partial charge in [-0.15, -0.1) is 0 Å². The summed E-state index contributed by atoms with van der Waals surface area (Å²) in [5.41, 5.74) is 1.03. The van der Waals surface area contributed by atoms with Gasteiger partial charge in [0.2, 0.25) is 0 Å². The van der Waals surface area contributed by atoms with Crippen LogP contribution in [0.3, 0.4) is 0 Å². The molecule has 3 nitrogen and oxygen atoms in total. The summed E-state index contributed by atoms with van der Waals surface area (Å²) in [6.07, 6.45) is 11.3. The Morgan fingerprint density at radius 3 is 2.18 bits per heavy atom. The standard InChI is InChI=1S/C31H48O3/c1-19(2)21-10-15-31(20(3)33)17-16-29(6)22(26(21)31)8-9-24-27(4)13-12-25(34)28(5,18-32)23(27)11-14-30(24,29)7/h18,21-26,34H,1,8-17H2,2-7H3/t21-,22?,23?,24?,25-,26?,27-,28-,29+,30+,31+/m0/s1. The van der Waals surface area contributed by atoms with Gasteiger partial charge in [0.25, 0.3) is 0 Å². The van der Waals surface area contributed by atoms with Crippen molar-refractivity contribution in [1.82, 2.24) is 0 Å². The number of allylic oxidation sites excluding steroid dienone is 1. The quantitative estimate of drug-likeness (QED) is 0.367. The van der Waals surface area contributed by atoms with E-state index in [0.29, 0.717) is 29.5 Å². The molecule has 0 saturated heterocycles. The molecule has 0 amide bonds. The molecular weight excluding hydrogens is 420 g/mol. The first-order valence-corrected chi connectivity index (χ1v) is 14.1. The van der Waals surface area contributed by atoms with Gasteiger partial charge in [-0.05, 0) is 124 Å². The number of Topliss-reactive ketones (excluding diaryl/α,β-unsaturated/α-hetero) is 1. The Hall–Kier alpha value is -0.960. The number of hydrogen-bond donors (Lipinski definition) is 1. The maximum atomic E-state index is 13.2. The van der Waals surface area contributed by atoms with Crippen LogP contribution in [0.4, 0.5) is 0 Å². The van der Waals surface area contributed by atoms with E-state index in [-0.39, 0.29) is 27.6 Å². The van der Waals surface area contributed by atoms with Crippen LogP contribution >= 0.6 is 0 Å². The smallest absolute Gasteiger partial charge is 0.136 e. The predicted molar refractivity (Wildman–Crippen MR) is 136 cm³/mol. The van der Waals surface area contributed by atoms with Crippen molar-refractivity contribution >= 4 is 12.1 Å². The third kappa shape index (κ3) is 2.74. The molecule has 190 valence electrons. The second-order valence-corrected chi connectivity index (χ2v) is 14.4. The normalized spacial score (nSPS) is 56.4. The van der Waals surface area contributed by atoms with Crippen LogP contribution in [0.5, 0.6) is 0 Å². The lowest BCUT2D eigenvalue weighted by molar-refractivity contribution is -0.243. The van der Waals surface area contributed by atoms with Crippen molar-refractivity contribution in [3.05, 3.63) is 12.2 Å². The van der Waals surface area contributed by atoms with E-state index < -0.39 is 11.5 Å². The second kappa shape index (κ2) is 7.53. The molecule has 5 rings (SSSR count). The Morgan fingerprint density at radius 1 is 0.853 bits per heavy atom. The summed E-state index contributed by atoms with van der Waals surface area (Å²) >= 11 is 0. The van der Waals surface area contributed by atoms with Crippen molar-refractivity contribution in [3.63, 3.8) is 0 Å². The third-order valence-corrected chi connectivity index (χ3v) is 13.7. The van der Waals surface area contributed by atoms with Crippen LogP contribution in [-0.4, -0.2) is 23.3 Å². The zero-order valence-electron chi connectivity index (χ0n) is 22.6. The Labute approximate surface area is 207 Å². The number of hydrogen-bond acceptors (Lipinski definition) is 3. The number of carbonyl (C=O) groups excluding carboxylic acids is 2. The van der Waals surface area contributed by atoms with Gasteiger partial charge in [0.05, 0.1) is 11.5 Å². The SMILES string of the molecule is C=C(C)[C@@H]1CC[C@]2(C(C)=O)CC[C@]3(C)C(CCC4[C@@]5(C)CC[C@H](O)[C@@](C)(C=O)C5CC[C@]43C)C12. The molecule has 5 aliphatic rings. The van der Waals surface area contributed by atoms with Crippen LogP contribution in [0.25, 0.3) is 0 Å². The van der Waals surface area contributed by atoms with Gasteiger partial charge < -0.3 is 9.90 Å². The van der Waals surface area contributed by atoms with Gasteiger partial charge in [-0.2, -0.15) is 0 Å². The Balaban J connectivity index is 1.57. The minimum absolute atomic E-state index is 0.0917. The van der Waals surface area contributed by atoms with Crippen LogP contribution in [0.2, 0.25) is 0 Å². The van der Waals surface area contributed by atoms with Crippen molar-refractivity contribution in [3.8, 4) is 0 Å². The van der Waals surface area contributed by atoms with E-state index >= 15 is 0 Å². The van der Waals surface area contributed by atoms with Crippen molar-refractivity contribution in [2.24, 2.45) is 56.7 Å². The highest BCUT2D eigenvalue weighted by atomic mass is 16.3. The highest BCUT2D eigenvalue weighted by Crippen LogP contribution is 2.77. The molecule has 0 heterocycles. The number of rotatable bonds is 3. The molecule has 34 heavy (non-hydrogen) atoms. The number of ketones is 1. The molecule has 0 aromatic rings. The number of carbonyl (C=O) groups is 2. The number of fused-ring (bicyclic) bond motifs is 7. The van der Waals surface area contributed by atoms with E-state index in [0.717, 1.165) is 57.7 Å². The number of aliphatic hydroxyl groups is 1. The van der Waals surface area contributed by atoms with Gasteiger partial charge in [0.1, 0.15) is 12.1 Å². The first-order chi connectivity index (χ1) is 15.8. The highest BCUT2D eigenvalue weighted by Gasteiger charge is 2.71. The maximum Gasteiger partial charge on any atom is 0.136 e. The monoisotopic (exact) mass is 468 g/mol. The van der Waals surface area contributed by atoms with Crippen molar-refractivity contribution in [1.29, 1.82) is 0 Å². The van der Waals surface area contributed by atoms with E-state index in [4.69, 9.17) is 0 Å². The average Bonchev–Trinajstić information content (AvgIpc) is 3.18. The molecule has 5 aliphatic carbocycles. The van der Waals surface area contributed by atoms with Gasteiger partial charge in [0.15, 0.2) is 0 Å². The maximum absolute atomic E-state index is 13.2. The van der Waals surface area contributed by atoms with Gasteiger partial charge >= 0.3 is 0 Å². The lowest BCUT2D eigenvalue weighted by Crippen LogP contribution is -2.67. The molecule has 0 bridgehead atoms. The molecule has 1 N–H and O–H groups in total. The molecule has 5 saturated carbocycles. The van der Waals surface area contributed by atoms with Crippen LogP contribution in [0.1, 0.15) is 106 Å². The summed E-state index contributed by atoms with van der Waals surface area (Å²) < 4.78 is 0. The van der Waals surface area contributed by atoms with E-state index in [9.17, 15) is 14.7 Å². The number of aliphatic hydroxyl groups excluding tert-OH is 1. The Bertz CT molecular complexity index is 908. The zero-order chi connectivity index (χ0) is 24.9. The first-order valence-electron chi connectivity index (χ1n) is 14.1. The molecule has 11 atom stereocenters. The summed E-state index contributed by atoms with van der Waals surface area (Å²) in [4.78, 5) is 25.5. The van der Waals surface area contributed by atoms with Crippen LogP contribution in [0, 0.1) is 56.7 Å². The van der Waals surface area contributed by atoms with E-state index in [1.165, 1.54) is 18.4 Å². The van der Waals surface area contributed by atoms with Gasteiger partial charge in [-0.3, -0.25) is 4.79 Å². The lowest BCUT2D eigenvalue weighted by Gasteiger charge is -2.72. The van der Waals surface area contributed by atoms with Crippen molar-refractivity contribution < 1.29 is 14.7 Å². The topological polar surface area (TPSA) is 54.4 Å². The second-order valence-electron chi connectivity index (χ2n) is 14.4. The average molecular weight is 469 g/mol. The molecule has 5 fully saturated rings. The van der Waals surface area contributed by atoms with Crippen molar-refractivity contribution in [2.75, 3.05) is 0 Å². The molecule has 0 aliphatic heterocycles. The Kier molecular flexibility index (Phi) is 5.47. The van der Waals surface area contributed by atoms with Crippen LogP contribution < -0.4 is 0 Å². The number of aldehydes is 1. The minimum atomic E-state index is -0.626. The van der Waals surface area contributed by atoms with Crippen LogP contribution in [0.15, 0.2) is 12.2 Å². The summed E-state index contributed by atoms with van der Waals surface area (Å²) in [6, 6.07) is 0. The minimum Gasteiger partial charge on any atom is -0.392 e. The van der Waals surface area contributed by atoms with E-state index in [2.05, 4.69) is 34.3 Å². The molecular formula is C31H48O3. The fourth-order valence-corrected chi connectivity index (χ4v) is 11.6. The third-order valence-electron chi connectivity index (χ3n) is 13.7. The van der Waals surface area contributed by atoms with E-state index in [1.54, 1.807) is 0 Å². The van der Waals surface area contributed by atoms with Crippen LogP contribution in [-0.2, 0) is 9.59 Å². The Morgan fingerprint density at radius 2 is 1.56 bits per heavy atom. The fourth-order valence-electron chi connectivity index (χ4n) is 11.6. The first kappa shape index (κ1) is 24.7. The lowest BCUT2D eigenvalue weighted by atomic mass is 9.32. The highest BCUT2D eigenvalue weighted by molar-refractivity contribution is 5.83. The molecule has 0 spiro atoms. The summed E-state index contributed by atoms with van der Waals surface area (Å²) in [5.74, 6) is 2.74. The molecule has 3 heteroatoms. The molecule has 4 unspecified atom stereocenters. The fraction of sp³-hybridized carbons (Fsp3) is 0.871. The predicted octanol–water partition coefficient (Wildman–Crippen LogP) is 6.77.